The third kappa shape index (κ3) is 4.48. The number of fused-ring (bicyclic) bond motifs is 10. The van der Waals surface area contributed by atoms with Crippen LogP contribution < -0.4 is 0 Å². The monoisotopic (exact) mass is 733 g/mol. The zero-order chi connectivity index (χ0) is 36.7. The molecule has 0 bridgehead atoms. The van der Waals surface area contributed by atoms with Gasteiger partial charge in [0.1, 0.15) is 11.4 Å². The van der Waals surface area contributed by atoms with Crippen molar-refractivity contribution in [3.05, 3.63) is 188 Å². The van der Waals surface area contributed by atoms with Crippen LogP contribution in [0.5, 0.6) is 0 Å². The van der Waals surface area contributed by atoms with E-state index < -0.39 is 0 Å². The number of para-hydroxylation sites is 5. The normalized spacial score (nSPS) is 11.9. The van der Waals surface area contributed by atoms with Gasteiger partial charge >= 0.3 is 0 Å². The number of nitrogens with zero attached hydrogens (tertiary/aromatic N) is 5. The standard InChI is InChI=1S/C50H31N5S/c1-3-15-32(16-4-1)48-49(55(52-51-48)34-17-5-2-6-18-34)33-27-28-36-35-19-7-10-22-40(35)54(45(36)31-33)43-25-13-12-24-42(43)53-41-23-11-8-21-39(41)47-44(53)30-29-38-37-20-9-14-26-46(37)56-50(38)47/h1-31H. The number of hydrogen-bond acceptors (Lipinski definition) is 3. The van der Waals surface area contributed by atoms with E-state index in [1.807, 2.05) is 40.3 Å². The predicted octanol–water partition coefficient (Wildman–Crippen LogP) is 13.2. The largest absolute Gasteiger partial charge is 0.307 e. The summed E-state index contributed by atoms with van der Waals surface area (Å²) in [5, 5.41) is 17.1. The Labute approximate surface area is 325 Å². The van der Waals surface area contributed by atoms with Gasteiger partial charge in [-0.1, -0.05) is 139 Å². The molecule has 0 spiro atoms. The number of hydrogen-bond donors (Lipinski definition) is 0. The van der Waals surface area contributed by atoms with Crippen molar-refractivity contribution in [3.8, 4) is 39.6 Å². The van der Waals surface area contributed by atoms with Crippen molar-refractivity contribution in [3.63, 3.8) is 0 Å². The first-order valence-corrected chi connectivity index (χ1v) is 19.7. The Morgan fingerprint density at radius 2 is 1.00 bits per heavy atom. The predicted molar refractivity (Wildman–Crippen MR) is 234 cm³/mol. The van der Waals surface area contributed by atoms with Crippen LogP contribution >= 0.6 is 11.3 Å². The summed E-state index contributed by atoms with van der Waals surface area (Å²) in [5.74, 6) is 0. The van der Waals surface area contributed by atoms with Crippen molar-refractivity contribution < 1.29 is 0 Å². The molecule has 0 saturated heterocycles. The van der Waals surface area contributed by atoms with Crippen LogP contribution in [-0.4, -0.2) is 24.1 Å². The Bertz CT molecular complexity index is 3420. The second-order valence-corrected chi connectivity index (χ2v) is 15.3. The van der Waals surface area contributed by atoms with Gasteiger partial charge in [0, 0.05) is 52.8 Å². The molecular formula is C50H31N5S. The Morgan fingerprint density at radius 1 is 0.411 bits per heavy atom. The summed E-state index contributed by atoms with van der Waals surface area (Å²) in [4.78, 5) is 0. The molecule has 0 saturated carbocycles. The highest BCUT2D eigenvalue weighted by molar-refractivity contribution is 7.26. The molecule has 0 atom stereocenters. The quantitative estimate of drug-likeness (QED) is 0.177. The smallest absolute Gasteiger partial charge is 0.121 e. The first kappa shape index (κ1) is 31.1. The molecule has 5 nitrogen and oxygen atoms in total. The van der Waals surface area contributed by atoms with Gasteiger partial charge in [0.2, 0.25) is 0 Å². The number of rotatable bonds is 5. The minimum absolute atomic E-state index is 0.842. The lowest BCUT2D eigenvalue weighted by molar-refractivity contribution is 0.808. The van der Waals surface area contributed by atoms with Crippen LogP contribution in [0.2, 0.25) is 0 Å². The van der Waals surface area contributed by atoms with Gasteiger partial charge in [-0.3, -0.25) is 0 Å². The fourth-order valence-electron chi connectivity index (χ4n) is 8.80. The van der Waals surface area contributed by atoms with Crippen molar-refractivity contribution in [1.82, 2.24) is 24.1 Å². The van der Waals surface area contributed by atoms with Crippen molar-refractivity contribution in [1.29, 1.82) is 0 Å². The summed E-state index contributed by atoms with van der Waals surface area (Å²) >= 11 is 1.89. The lowest BCUT2D eigenvalue weighted by atomic mass is 10.0. The summed E-state index contributed by atoms with van der Waals surface area (Å²) < 4.78 is 9.53. The Morgan fingerprint density at radius 3 is 1.79 bits per heavy atom. The second-order valence-electron chi connectivity index (χ2n) is 14.3. The molecule has 262 valence electrons. The van der Waals surface area contributed by atoms with Gasteiger partial charge in [-0.15, -0.1) is 16.4 Å². The van der Waals surface area contributed by atoms with Crippen LogP contribution in [0.15, 0.2) is 188 Å². The van der Waals surface area contributed by atoms with Gasteiger partial charge < -0.3 is 9.13 Å². The van der Waals surface area contributed by atoms with E-state index in [0.29, 0.717) is 0 Å². The molecule has 4 aromatic heterocycles. The highest BCUT2D eigenvalue weighted by Gasteiger charge is 2.23. The van der Waals surface area contributed by atoms with E-state index in [9.17, 15) is 0 Å². The topological polar surface area (TPSA) is 40.6 Å². The molecule has 0 aliphatic rings. The van der Waals surface area contributed by atoms with E-state index in [1.165, 1.54) is 52.8 Å². The van der Waals surface area contributed by atoms with Crippen LogP contribution in [-0.2, 0) is 0 Å². The lowest BCUT2D eigenvalue weighted by Crippen LogP contribution is -2.03. The molecule has 12 aromatic rings. The van der Waals surface area contributed by atoms with Gasteiger partial charge in [0.05, 0.1) is 39.1 Å². The fourth-order valence-corrected chi connectivity index (χ4v) is 10.1. The number of thiophene rings is 1. The van der Waals surface area contributed by atoms with Crippen molar-refractivity contribution >= 4 is 75.1 Å². The minimum atomic E-state index is 0.842. The van der Waals surface area contributed by atoms with Crippen LogP contribution in [0, 0.1) is 0 Å². The minimum Gasteiger partial charge on any atom is -0.307 e. The molecule has 0 unspecified atom stereocenters. The van der Waals surface area contributed by atoms with E-state index in [-0.39, 0.29) is 0 Å². The molecule has 0 radical (unpaired) electrons. The average molecular weight is 734 g/mol. The molecule has 6 heteroatoms. The molecule has 0 aliphatic heterocycles. The van der Waals surface area contributed by atoms with E-state index in [1.54, 1.807) is 0 Å². The summed E-state index contributed by atoms with van der Waals surface area (Å²) in [7, 11) is 0. The molecule has 4 heterocycles. The highest BCUT2D eigenvalue weighted by Crippen LogP contribution is 2.45. The molecule has 0 aliphatic carbocycles. The van der Waals surface area contributed by atoms with Gasteiger partial charge in [-0.05, 0) is 54.6 Å². The molecule has 56 heavy (non-hydrogen) atoms. The maximum atomic E-state index is 4.79. The van der Waals surface area contributed by atoms with E-state index in [2.05, 4.69) is 173 Å². The Hall–Kier alpha value is -7.28. The summed E-state index contributed by atoms with van der Waals surface area (Å²) in [6, 6.07) is 67.3. The highest BCUT2D eigenvalue weighted by atomic mass is 32.1. The van der Waals surface area contributed by atoms with Crippen LogP contribution in [0.4, 0.5) is 0 Å². The van der Waals surface area contributed by atoms with E-state index in [4.69, 9.17) is 10.3 Å². The molecule has 0 amide bonds. The fraction of sp³-hybridized carbons (Fsp3) is 0. The zero-order valence-corrected chi connectivity index (χ0v) is 30.9. The Balaban J connectivity index is 1.15. The first-order valence-electron chi connectivity index (χ1n) is 18.9. The van der Waals surface area contributed by atoms with Crippen molar-refractivity contribution in [2.24, 2.45) is 0 Å². The Kier molecular flexibility index (Phi) is 6.73. The van der Waals surface area contributed by atoms with Crippen LogP contribution in [0.3, 0.4) is 0 Å². The maximum Gasteiger partial charge on any atom is 0.121 e. The van der Waals surface area contributed by atoms with Crippen molar-refractivity contribution in [2.45, 2.75) is 0 Å². The molecule has 8 aromatic carbocycles. The average Bonchev–Trinajstić information content (AvgIpc) is 4.03. The number of aromatic nitrogens is 5. The maximum absolute atomic E-state index is 4.79. The van der Waals surface area contributed by atoms with Gasteiger partial charge in [0.25, 0.3) is 0 Å². The molecule has 12 rings (SSSR count). The number of benzene rings is 8. The van der Waals surface area contributed by atoms with E-state index >= 15 is 0 Å². The van der Waals surface area contributed by atoms with Gasteiger partial charge in [-0.25, -0.2) is 4.68 Å². The molecule has 0 N–H and O–H groups in total. The summed E-state index contributed by atoms with van der Waals surface area (Å²) in [6.07, 6.45) is 0. The third-order valence-electron chi connectivity index (χ3n) is 11.2. The molecular weight excluding hydrogens is 703 g/mol. The first-order chi connectivity index (χ1) is 27.8. The van der Waals surface area contributed by atoms with Crippen molar-refractivity contribution in [2.75, 3.05) is 0 Å². The molecule has 0 fully saturated rings. The van der Waals surface area contributed by atoms with E-state index in [0.717, 1.165) is 50.6 Å². The summed E-state index contributed by atoms with van der Waals surface area (Å²) in [6.45, 7) is 0. The van der Waals surface area contributed by atoms with Crippen LogP contribution in [0.25, 0.3) is 103 Å². The lowest BCUT2D eigenvalue weighted by Gasteiger charge is -2.17. The van der Waals surface area contributed by atoms with Gasteiger partial charge in [-0.2, -0.15) is 0 Å². The summed E-state index contributed by atoms with van der Waals surface area (Å²) in [5.41, 5.74) is 11.7. The third-order valence-corrected chi connectivity index (χ3v) is 12.4. The zero-order valence-electron chi connectivity index (χ0n) is 30.0. The SMILES string of the molecule is c1ccc(-c2nnn(-c3ccccc3)c2-c2ccc3c4ccccc4n(-c4ccccc4-n4c5ccccc5c5c6sc7ccccc7c6ccc54)c3c2)cc1. The second kappa shape index (κ2) is 12.1. The van der Waals surface area contributed by atoms with Crippen LogP contribution in [0.1, 0.15) is 0 Å². The van der Waals surface area contributed by atoms with Gasteiger partial charge in [0.15, 0.2) is 0 Å².